The van der Waals surface area contributed by atoms with Crippen LogP contribution in [-0.4, -0.2) is 31.1 Å². The summed E-state index contributed by atoms with van der Waals surface area (Å²) in [6, 6.07) is 1.79. The van der Waals surface area contributed by atoms with Gasteiger partial charge >= 0.3 is 5.97 Å². The Morgan fingerprint density at radius 3 is 2.81 bits per heavy atom. The molecule has 0 N–H and O–H groups in total. The van der Waals surface area contributed by atoms with Gasteiger partial charge in [0, 0.05) is 0 Å². The minimum absolute atomic E-state index is 0.0480. The first-order chi connectivity index (χ1) is 7.48. The lowest BCUT2D eigenvalue weighted by Gasteiger charge is -2.15. The molecule has 1 fully saturated rings. The SMILES string of the molecule is CCOC(=O)/C(C#N)=C/[C@H]1COC(C)(C)O1. The van der Waals surface area contributed by atoms with Crippen molar-refractivity contribution in [3.8, 4) is 6.07 Å². The Hall–Kier alpha value is -1.38. The summed E-state index contributed by atoms with van der Waals surface area (Å²) in [6.45, 7) is 5.81. The quantitative estimate of drug-likeness (QED) is 0.409. The van der Waals surface area contributed by atoms with Crippen molar-refractivity contribution in [3.05, 3.63) is 11.6 Å². The van der Waals surface area contributed by atoms with Crippen LogP contribution in [-0.2, 0) is 19.0 Å². The van der Waals surface area contributed by atoms with Crippen molar-refractivity contribution in [2.75, 3.05) is 13.2 Å². The number of nitrogens with zero attached hydrogens (tertiary/aromatic N) is 1. The van der Waals surface area contributed by atoms with Gasteiger partial charge in [0.05, 0.1) is 13.2 Å². The topological polar surface area (TPSA) is 68.6 Å². The summed E-state index contributed by atoms with van der Waals surface area (Å²) in [5, 5.41) is 8.80. The van der Waals surface area contributed by atoms with Gasteiger partial charge in [-0.05, 0) is 26.8 Å². The molecule has 1 rings (SSSR count). The average molecular weight is 225 g/mol. The Morgan fingerprint density at radius 2 is 2.38 bits per heavy atom. The molecule has 1 aliphatic rings. The lowest BCUT2D eigenvalue weighted by molar-refractivity contribution is -0.139. The van der Waals surface area contributed by atoms with Crippen molar-refractivity contribution >= 4 is 5.97 Å². The smallest absolute Gasteiger partial charge is 0.348 e. The third kappa shape index (κ3) is 3.33. The summed E-state index contributed by atoms with van der Waals surface area (Å²) in [4.78, 5) is 11.3. The molecule has 0 spiro atoms. The molecule has 0 aromatic heterocycles. The fraction of sp³-hybridized carbons (Fsp3) is 0.636. The minimum atomic E-state index is -0.670. The van der Waals surface area contributed by atoms with E-state index in [0.717, 1.165) is 0 Å². The van der Waals surface area contributed by atoms with Gasteiger partial charge in [-0.1, -0.05) is 0 Å². The molecular weight excluding hydrogens is 210 g/mol. The molecule has 0 aliphatic carbocycles. The van der Waals surface area contributed by atoms with E-state index in [1.165, 1.54) is 6.08 Å². The summed E-state index contributed by atoms with van der Waals surface area (Å²) in [7, 11) is 0. The summed E-state index contributed by atoms with van der Waals surface area (Å²) in [5.74, 6) is -1.30. The number of hydrogen-bond acceptors (Lipinski definition) is 5. The first-order valence-electron chi connectivity index (χ1n) is 5.09. The van der Waals surface area contributed by atoms with Crippen molar-refractivity contribution in [2.24, 2.45) is 0 Å². The van der Waals surface area contributed by atoms with Gasteiger partial charge in [0.1, 0.15) is 17.7 Å². The van der Waals surface area contributed by atoms with Crippen LogP contribution in [0.5, 0.6) is 0 Å². The molecule has 0 amide bonds. The van der Waals surface area contributed by atoms with Crippen LogP contribution in [0.25, 0.3) is 0 Å². The van der Waals surface area contributed by atoms with Crippen LogP contribution in [0, 0.1) is 11.3 Å². The highest BCUT2D eigenvalue weighted by Crippen LogP contribution is 2.23. The molecule has 88 valence electrons. The van der Waals surface area contributed by atoms with E-state index in [1.54, 1.807) is 26.8 Å². The van der Waals surface area contributed by atoms with Gasteiger partial charge in [-0.15, -0.1) is 0 Å². The third-order valence-electron chi connectivity index (χ3n) is 2.00. The Morgan fingerprint density at radius 1 is 1.69 bits per heavy atom. The maximum Gasteiger partial charge on any atom is 0.348 e. The molecule has 0 radical (unpaired) electrons. The Bertz CT molecular complexity index is 340. The minimum Gasteiger partial charge on any atom is -0.462 e. The number of carbonyl (C=O) groups excluding carboxylic acids is 1. The molecule has 5 heteroatoms. The maximum absolute atomic E-state index is 11.3. The Labute approximate surface area is 94.6 Å². The lowest BCUT2D eigenvalue weighted by atomic mass is 10.2. The van der Waals surface area contributed by atoms with Crippen molar-refractivity contribution in [1.82, 2.24) is 0 Å². The summed E-state index contributed by atoms with van der Waals surface area (Å²) in [5.41, 5.74) is -0.0480. The molecule has 0 bridgehead atoms. The molecule has 5 nitrogen and oxygen atoms in total. The summed E-state index contributed by atoms with van der Waals surface area (Å²) < 4.78 is 15.5. The maximum atomic E-state index is 11.3. The molecule has 1 saturated heterocycles. The molecule has 1 aliphatic heterocycles. The lowest BCUT2D eigenvalue weighted by Crippen LogP contribution is -2.21. The number of esters is 1. The van der Waals surface area contributed by atoms with Crippen molar-refractivity contribution in [3.63, 3.8) is 0 Å². The van der Waals surface area contributed by atoms with Gasteiger partial charge in [-0.3, -0.25) is 0 Å². The second kappa shape index (κ2) is 5.10. The number of nitriles is 1. The van der Waals surface area contributed by atoms with Crippen LogP contribution in [0.1, 0.15) is 20.8 Å². The number of rotatable bonds is 3. The molecule has 0 aromatic carbocycles. The third-order valence-corrected chi connectivity index (χ3v) is 2.00. The van der Waals surface area contributed by atoms with Crippen LogP contribution in [0.4, 0.5) is 0 Å². The normalized spacial score (nSPS) is 23.9. The fourth-order valence-electron chi connectivity index (χ4n) is 1.34. The van der Waals surface area contributed by atoms with Crippen LogP contribution < -0.4 is 0 Å². The van der Waals surface area contributed by atoms with E-state index >= 15 is 0 Å². The first-order valence-corrected chi connectivity index (χ1v) is 5.09. The predicted molar refractivity (Wildman–Crippen MR) is 55.2 cm³/mol. The Kier molecular flexibility index (Phi) is 4.05. The second-order valence-corrected chi connectivity index (χ2v) is 3.78. The van der Waals surface area contributed by atoms with E-state index in [4.69, 9.17) is 19.5 Å². The van der Waals surface area contributed by atoms with Crippen LogP contribution in [0.2, 0.25) is 0 Å². The monoisotopic (exact) mass is 225 g/mol. The molecule has 1 atom stereocenters. The van der Waals surface area contributed by atoms with Gasteiger partial charge in [-0.25, -0.2) is 4.79 Å². The number of ether oxygens (including phenoxy) is 3. The van der Waals surface area contributed by atoms with Gasteiger partial charge < -0.3 is 14.2 Å². The summed E-state index contributed by atoms with van der Waals surface area (Å²) in [6.07, 6.45) is 1.06. The van der Waals surface area contributed by atoms with E-state index < -0.39 is 11.8 Å². The average Bonchev–Trinajstić information content (AvgIpc) is 2.55. The predicted octanol–water partition coefficient (Wildman–Crippen LogP) is 1.15. The van der Waals surface area contributed by atoms with Crippen molar-refractivity contribution in [1.29, 1.82) is 5.26 Å². The zero-order valence-electron chi connectivity index (χ0n) is 9.65. The van der Waals surface area contributed by atoms with E-state index in [-0.39, 0.29) is 18.3 Å². The van der Waals surface area contributed by atoms with Crippen molar-refractivity contribution in [2.45, 2.75) is 32.7 Å². The fourth-order valence-corrected chi connectivity index (χ4v) is 1.34. The molecule has 16 heavy (non-hydrogen) atoms. The number of hydrogen-bond donors (Lipinski definition) is 0. The highest BCUT2D eigenvalue weighted by atomic mass is 16.7. The van der Waals surface area contributed by atoms with Gasteiger partial charge in [-0.2, -0.15) is 5.26 Å². The second-order valence-electron chi connectivity index (χ2n) is 3.78. The molecule has 1 heterocycles. The summed E-state index contributed by atoms with van der Waals surface area (Å²) >= 11 is 0. The van der Waals surface area contributed by atoms with Crippen molar-refractivity contribution < 1.29 is 19.0 Å². The Balaban J connectivity index is 2.68. The first kappa shape index (κ1) is 12.7. The van der Waals surface area contributed by atoms with Crippen LogP contribution in [0.15, 0.2) is 11.6 Å². The largest absolute Gasteiger partial charge is 0.462 e. The van der Waals surface area contributed by atoms with Crippen LogP contribution >= 0.6 is 0 Å². The van der Waals surface area contributed by atoms with E-state index in [1.807, 2.05) is 0 Å². The van der Waals surface area contributed by atoms with Gasteiger partial charge in [0.2, 0.25) is 0 Å². The zero-order valence-corrected chi connectivity index (χ0v) is 9.65. The van der Waals surface area contributed by atoms with E-state index in [9.17, 15) is 4.79 Å². The highest BCUT2D eigenvalue weighted by molar-refractivity contribution is 5.92. The standard InChI is InChI=1S/C11H15NO4/c1-4-14-10(13)8(6-12)5-9-7-15-11(2,3)16-9/h5,9H,4,7H2,1-3H3/b8-5+/t9-/m0/s1. The van der Waals surface area contributed by atoms with Gasteiger partial charge in [0.15, 0.2) is 5.79 Å². The molecular formula is C11H15NO4. The van der Waals surface area contributed by atoms with Gasteiger partial charge in [0.25, 0.3) is 0 Å². The zero-order chi connectivity index (χ0) is 12.2. The number of carbonyl (C=O) groups is 1. The molecule has 0 aromatic rings. The van der Waals surface area contributed by atoms with E-state index in [0.29, 0.717) is 6.61 Å². The molecule has 0 saturated carbocycles. The molecule has 0 unspecified atom stereocenters. The van der Waals surface area contributed by atoms with Crippen LogP contribution in [0.3, 0.4) is 0 Å². The van der Waals surface area contributed by atoms with E-state index in [2.05, 4.69) is 0 Å². The highest BCUT2D eigenvalue weighted by Gasteiger charge is 2.32.